The van der Waals surface area contributed by atoms with Gasteiger partial charge in [-0.15, -0.1) is 11.3 Å². The van der Waals surface area contributed by atoms with Crippen molar-refractivity contribution in [2.75, 3.05) is 12.3 Å². The summed E-state index contributed by atoms with van der Waals surface area (Å²) < 4.78 is 0. The summed E-state index contributed by atoms with van der Waals surface area (Å²) >= 11 is 3.86. The zero-order valence-corrected chi connectivity index (χ0v) is 8.51. The van der Waals surface area contributed by atoms with Crippen molar-refractivity contribution in [2.45, 2.75) is 18.6 Å². The van der Waals surface area contributed by atoms with Gasteiger partial charge in [0, 0.05) is 17.1 Å². The molecular weight excluding hydrogens is 188 g/mol. The summed E-state index contributed by atoms with van der Waals surface area (Å²) in [5.41, 5.74) is 6.82. The number of hydrogen-bond donors (Lipinski definition) is 1. The number of hydrogen-bond acceptors (Lipinski definition) is 4. The molecule has 0 bridgehead atoms. The molecule has 1 aromatic rings. The van der Waals surface area contributed by atoms with E-state index in [2.05, 4.69) is 4.98 Å². The van der Waals surface area contributed by atoms with Gasteiger partial charge in [-0.25, -0.2) is 4.98 Å². The molecule has 0 radical (unpaired) electrons. The molecule has 1 aliphatic heterocycles. The van der Waals surface area contributed by atoms with Gasteiger partial charge in [0.05, 0.1) is 10.7 Å². The number of thiazole rings is 1. The molecule has 2 heterocycles. The van der Waals surface area contributed by atoms with Gasteiger partial charge in [-0.3, -0.25) is 0 Å². The Morgan fingerprint density at radius 1 is 1.50 bits per heavy atom. The van der Waals surface area contributed by atoms with Crippen molar-refractivity contribution in [2.24, 2.45) is 5.73 Å². The van der Waals surface area contributed by atoms with E-state index < -0.39 is 0 Å². The van der Waals surface area contributed by atoms with Gasteiger partial charge in [-0.2, -0.15) is 11.8 Å². The third kappa shape index (κ3) is 1.65. The highest BCUT2D eigenvalue weighted by atomic mass is 32.2. The van der Waals surface area contributed by atoms with Crippen LogP contribution in [0.1, 0.15) is 15.6 Å². The third-order valence-corrected chi connectivity index (χ3v) is 4.22. The van der Waals surface area contributed by atoms with Crippen LogP contribution in [-0.2, 0) is 18.6 Å². The van der Waals surface area contributed by atoms with Crippen LogP contribution in [0.4, 0.5) is 0 Å². The molecule has 2 nitrogen and oxygen atoms in total. The maximum absolute atomic E-state index is 5.48. The Kier molecular flexibility index (Phi) is 2.68. The van der Waals surface area contributed by atoms with E-state index >= 15 is 0 Å². The number of fused-ring (bicyclic) bond motifs is 1. The molecule has 2 N–H and O–H groups in total. The molecule has 0 saturated carbocycles. The quantitative estimate of drug-likeness (QED) is 0.785. The topological polar surface area (TPSA) is 38.9 Å². The van der Waals surface area contributed by atoms with Crippen molar-refractivity contribution in [3.8, 4) is 0 Å². The number of nitrogens with two attached hydrogens (primary N) is 1. The van der Waals surface area contributed by atoms with Crippen molar-refractivity contribution in [3.63, 3.8) is 0 Å². The van der Waals surface area contributed by atoms with E-state index in [1.807, 2.05) is 23.1 Å². The molecule has 0 amide bonds. The molecule has 12 heavy (non-hydrogen) atoms. The summed E-state index contributed by atoms with van der Waals surface area (Å²) in [4.78, 5) is 6.05. The van der Waals surface area contributed by atoms with Gasteiger partial charge in [-0.1, -0.05) is 0 Å². The van der Waals surface area contributed by atoms with Gasteiger partial charge < -0.3 is 5.73 Å². The summed E-state index contributed by atoms with van der Waals surface area (Å²) in [6.07, 6.45) is 2.10. The Morgan fingerprint density at radius 2 is 2.42 bits per heavy atom. The van der Waals surface area contributed by atoms with Crippen molar-refractivity contribution < 1.29 is 0 Å². The van der Waals surface area contributed by atoms with Gasteiger partial charge in [0.2, 0.25) is 0 Å². The van der Waals surface area contributed by atoms with Crippen molar-refractivity contribution in [1.82, 2.24) is 4.98 Å². The monoisotopic (exact) mass is 200 g/mol. The lowest BCUT2D eigenvalue weighted by atomic mass is 10.3. The second-order valence-electron chi connectivity index (χ2n) is 2.82. The van der Waals surface area contributed by atoms with E-state index in [1.165, 1.54) is 21.3 Å². The first kappa shape index (κ1) is 8.53. The summed E-state index contributed by atoms with van der Waals surface area (Å²) in [7, 11) is 0. The number of nitrogens with zero attached hydrogens (tertiary/aromatic N) is 1. The molecule has 0 atom stereocenters. The Balaban J connectivity index is 2.20. The van der Waals surface area contributed by atoms with Crippen LogP contribution in [0.2, 0.25) is 0 Å². The smallest absolute Gasteiger partial charge is 0.0944 e. The van der Waals surface area contributed by atoms with Crippen LogP contribution in [-0.4, -0.2) is 17.3 Å². The fourth-order valence-electron chi connectivity index (χ4n) is 1.31. The zero-order chi connectivity index (χ0) is 8.39. The van der Waals surface area contributed by atoms with Crippen LogP contribution in [0.5, 0.6) is 0 Å². The molecule has 2 rings (SSSR count). The fraction of sp³-hybridized carbons (Fsp3) is 0.625. The molecule has 1 aromatic heterocycles. The maximum atomic E-state index is 5.48. The normalized spacial score (nSPS) is 16.1. The molecule has 66 valence electrons. The molecule has 0 aromatic carbocycles. The highest BCUT2D eigenvalue weighted by molar-refractivity contribution is 7.98. The van der Waals surface area contributed by atoms with Crippen molar-refractivity contribution in [1.29, 1.82) is 0 Å². The summed E-state index contributed by atoms with van der Waals surface area (Å²) in [5.74, 6) is 2.40. The molecule has 0 fully saturated rings. The lowest BCUT2D eigenvalue weighted by molar-refractivity contribution is 0.926. The molecule has 0 aliphatic carbocycles. The summed E-state index contributed by atoms with van der Waals surface area (Å²) in [5, 5.41) is 1.23. The number of rotatable bonds is 2. The van der Waals surface area contributed by atoms with Crippen LogP contribution in [0.3, 0.4) is 0 Å². The Hall–Kier alpha value is -0.0600. The van der Waals surface area contributed by atoms with Crippen molar-refractivity contribution >= 4 is 23.1 Å². The van der Waals surface area contributed by atoms with E-state index in [9.17, 15) is 0 Å². The minimum atomic E-state index is 0.722. The number of thioether (sulfide) groups is 1. The first-order valence-electron chi connectivity index (χ1n) is 4.15. The fourth-order valence-corrected chi connectivity index (χ4v) is 3.55. The largest absolute Gasteiger partial charge is 0.330 e. The molecular formula is C8H12N2S2. The SMILES string of the molecule is NCCc1nc2c(s1)CSCC2. The third-order valence-electron chi connectivity index (χ3n) is 1.90. The Morgan fingerprint density at radius 3 is 3.17 bits per heavy atom. The molecule has 4 heteroatoms. The first-order chi connectivity index (χ1) is 5.90. The minimum absolute atomic E-state index is 0.722. The van der Waals surface area contributed by atoms with E-state index in [4.69, 9.17) is 5.73 Å². The summed E-state index contributed by atoms with van der Waals surface area (Å²) in [6.45, 7) is 0.722. The number of aryl methyl sites for hydroxylation is 1. The van der Waals surface area contributed by atoms with Gasteiger partial charge >= 0.3 is 0 Å². The van der Waals surface area contributed by atoms with E-state index in [0.717, 1.165) is 25.1 Å². The van der Waals surface area contributed by atoms with Crippen LogP contribution < -0.4 is 5.73 Å². The average Bonchev–Trinajstić information content (AvgIpc) is 2.47. The second-order valence-corrected chi connectivity index (χ2v) is 5.09. The predicted molar refractivity (Wildman–Crippen MR) is 54.7 cm³/mol. The van der Waals surface area contributed by atoms with E-state index in [-0.39, 0.29) is 0 Å². The van der Waals surface area contributed by atoms with E-state index in [1.54, 1.807) is 0 Å². The molecule has 0 saturated heterocycles. The van der Waals surface area contributed by atoms with Gasteiger partial charge in [-0.05, 0) is 18.7 Å². The van der Waals surface area contributed by atoms with Crippen LogP contribution >= 0.6 is 23.1 Å². The highest BCUT2D eigenvalue weighted by Gasteiger charge is 2.14. The Labute approximate surface area is 80.6 Å². The summed E-state index contributed by atoms with van der Waals surface area (Å²) in [6, 6.07) is 0. The van der Waals surface area contributed by atoms with Gasteiger partial charge in [0.15, 0.2) is 0 Å². The lowest BCUT2D eigenvalue weighted by Gasteiger charge is -2.06. The first-order valence-corrected chi connectivity index (χ1v) is 6.12. The maximum Gasteiger partial charge on any atom is 0.0944 e. The highest BCUT2D eigenvalue weighted by Crippen LogP contribution is 2.29. The van der Waals surface area contributed by atoms with Gasteiger partial charge in [0.25, 0.3) is 0 Å². The minimum Gasteiger partial charge on any atom is -0.330 e. The lowest BCUT2D eigenvalue weighted by Crippen LogP contribution is -2.03. The Bertz CT molecular complexity index is 247. The average molecular weight is 200 g/mol. The second kappa shape index (κ2) is 3.77. The molecule has 1 aliphatic rings. The standard InChI is InChI=1S/C8H12N2S2/c9-3-1-8-10-6-2-4-11-5-7(6)12-8/h1-5,9H2. The number of aromatic nitrogens is 1. The van der Waals surface area contributed by atoms with Gasteiger partial charge in [0.1, 0.15) is 0 Å². The van der Waals surface area contributed by atoms with Crippen molar-refractivity contribution in [3.05, 3.63) is 15.6 Å². The zero-order valence-electron chi connectivity index (χ0n) is 6.88. The predicted octanol–water partition coefficient (Wildman–Crippen LogP) is 1.43. The molecule has 0 spiro atoms. The van der Waals surface area contributed by atoms with Crippen LogP contribution in [0.15, 0.2) is 0 Å². The van der Waals surface area contributed by atoms with Crippen LogP contribution in [0.25, 0.3) is 0 Å². The van der Waals surface area contributed by atoms with E-state index in [0.29, 0.717) is 0 Å². The molecule has 0 unspecified atom stereocenters. The van der Waals surface area contributed by atoms with Crippen LogP contribution in [0, 0.1) is 0 Å².